The second-order valence-electron chi connectivity index (χ2n) is 5.79. The fourth-order valence-corrected chi connectivity index (χ4v) is 3.23. The van der Waals surface area contributed by atoms with Gasteiger partial charge in [0.15, 0.2) is 0 Å². The topological polar surface area (TPSA) is 46.2 Å². The van der Waals surface area contributed by atoms with E-state index in [9.17, 15) is 9.50 Å². The van der Waals surface area contributed by atoms with Gasteiger partial charge in [-0.05, 0) is 30.5 Å². The Morgan fingerprint density at radius 1 is 1.16 bits per heavy atom. The van der Waals surface area contributed by atoms with E-state index in [0.717, 1.165) is 25.7 Å². The molecule has 0 spiro atoms. The third-order valence-electron chi connectivity index (χ3n) is 4.50. The average Bonchev–Trinajstić information content (AvgIpc) is 2.39. The van der Waals surface area contributed by atoms with Gasteiger partial charge in [-0.2, -0.15) is 0 Å². The van der Waals surface area contributed by atoms with Crippen molar-refractivity contribution < 1.29 is 9.50 Å². The number of nitrogens with two attached hydrogens (primary N) is 1. The van der Waals surface area contributed by atoms with Crippen molar-refractivity contribution in [3.8, 4) is 0 Å². The molecule has 0 radical (unpaired) electrons. The minimum Gasteiger partial charge on any atom is -0.388 e. The maximum Gasteiger partial charge on any atom is 0.123 e. The van der Waals surface area contributed by atoms with E-state index in [0.29, 0.717) is 12.1 Å². The van der Waals surface area contributed by atoms with Gasteiger partial charge in [0.05, 0.1) is 6.10 Å². The molecule has 1 aromatic rings. The molecular formula is C16H24FNO. The van der Waals surface area contributed by atoms with Gasteiger partial charge in [0.1, 0.15) is 5.82 Å². The molecule has 2 rings (SSSR count). The zero-order chi connectivity index (χ0) is 13.7. The molecule has 1 aromatic carbocycles. The number of aliphatic hydroxyl groups is 1. The van der Waals surface area contributed by atoms with Crippen LogP contribution in [0.2, 0.25) is 0 Å². The van der Waals surface area contributed by atoms with Gasteiger partial charge >= 0.3 is 0 Å². The van der Waals surface area contributed by atoms with Crippen molar-refractivity contribution in [2.75, 3.05) is 6.54 Å². The Balaban J connectivity index is 2.22. The number of aliphatic hydroxyl groups excluding tert-OH is 1. The lowest BCUT2D eigenvalue weighted by Crippen LogP contribution is -2.37. The van der Waals surface area contributed by atoms with Crippen LogP contribution in [0.25, 0.3) is 0 Å². The maximum atomic E-state index is 13.3. The van der Waals surface area contributed by atoms with E-state index in [-0.39, 0.29) is 11.2 Å². The van der Waals surface area contributed by atoms with Crippen LogP contribution in [-0.4, -0.2) is 11.7 Å². The standard InChI is InChI=1S/C16H24FNO/c17-14-8-6-7-13(11-14)15(19)16(12-18)9-4-2-1-3-5-10-16/h6-8,11,15,19H,1-5,9-10,12,18H2. The van der Waals surface area contributed by atoms with E-state index in [1.54, 1.807) is 12.1 Å². The molecule has 0 amide bonds. The Morgan fingerprint density at radius 3 is 2.37 bits per heavy atom. The number of rotatable bonds is 3. The van der Waals surface area contributed by atoms with Crippen molar-refractivity contribution >= 4 is 0 Å². The lowest BCUT2D eigenvalue weighted by atomic mass is 9.70. The van der Waals surface area contributed by atoms with Crippen LogP contribution in [0.3, 0.4) is 0 Å². The zero-order valence-electron chi connectivity index (χ0n) is 11.4. The van der Waals surface area contributed by atoms with Crippen molar-refractivity contribution in [1.82, 2.24) is 0 Å². The lowest BCUT2D eigenvalue weighted by molar-refractivity contribution is 0.00830. The van der Waals surface area contributed by atoms with Crippen LogP contribution in [-0.2, 0) is 0 Å². The quantitative estimate of drug-likeness (QED) is 0.878. The second kappa shape index (κ2) is 6.49. The van der Waals surface area contributed by atoms with Crippen LogP contribution >= 0.6 is 0 Å². The van der Waals surface area contributed by atoms with Crippen molar-refractivity contribution in [2.24, 2.45) is 11.1 Å². The van der Waals surface area contributed by atoms with E-state index in [2.05, 4.69) is 0 Å². The van der Waals surface area contributed by atoms with Crippen molar-refractivity contribution in [1.29, 1.82) is 0 Å². The van der Waals surface area contributed by atoms with Gasteiger partial charge in [0.2, 0.25) is 0 Å². The molecule has 0 bridgehead atoms. The highest BCUT2D eigenvalue weighted by Crippen LogP contribution is 2.43. The van der Waals surface area contributed by atoms with Crippen molar-refractivity contribution in [2.45, 2.75) is 51.0 Å². The van der Waals surface area contributed by atoms with Gasteiger partial charge < -0.3 is 10.8 Å². The molecule has 0 aliphatic heterocycles. The van der Waals surface area contributed by atoms with Gasteiger partial charge in [-0.15, -0.1) is 0 Å². The number of hydrogen-bond acceptors (Lipinski definition) is 2. The summed E-state index contributed by atoms with van der Waals surface area (Å²) in [6.45, 7) is 0.463. The maximum absolute atomic E-state index is 13.3. The molecule has 1 fully saturated rings. The second-order valence-corrected chi connectivity index (χ2v) is 5.79. The zero-order valence-corrected chi connectivity index (χ0v) is 11.4. The minimum atomic E-state index is -0.661. The van der Waals surface area contributed by atoms with Crippen molar-refractivity contribution in [3.63, 3.8) is 0 Å². The first-order chi connectivity index (χ1) is 9.18. The van der Waals surface area contributed by atoms with Crippen LogP contribution in [0.15, 0.2) is 24.3 Å². The smallest absolute Gasteiger partial charge is 0.123 e. The number of hydrogen-bond donors (Lipinski definition) is 2. The molecule has 3 N–H and O–H groups in total. The summed E-state index contributed by atoms with van der Waals surface area (Å²) in [6.07, 6.45) is 7.09. The highest BCUT2D eigenvalue weighted by atomic mass is 19.1. The predicted octanol–water partition coefficient (Wildman–Crippen LogP) is 3.55. The van der Waals surface area contributed by atoms with E-state index in [1.165, 1.54) is 31.4 Å². The fourth-order valence-electron chi connectivity index (χ4n) is 3.23. The third-order valence-corrected chi connectivity index (χ3v) is 4.50. The summed E-state index contributed by atoms with van der Waals surface area (Å²) in [7, 11) is 0. The van der Waals surface area contributed by atoms with Gasteiger partial charge in [-0.3, -0.25) is 0 Å². The Bertz CT molecular complexity index is 399. The average molecular weight is 265 g/mol. The van der Waals surface area contributed by atoms with E-state index >= 15 is 0 Å². The summed E-state index contributed by atoms with van der Waals surface area (Å²) >= 11 is 0. The van der Waals surface area contributed by atoms with E-state index in [4.69, 9.17) is 5.73 Å². The first-order valence-electron chi connectivity index (χ1n) is 7.31. The highest BCUT2D eigenvalue weighted by molar-refractivity contribution is 5.21. The summed E-state index contributed by atoms with van der Waals surface area (Å²) in [4.78, 5) is 0. The summed E-state index contributed by atoms with van der Waals surface area (Å²) in [5, 5.41) is 10.7. The minimum absolute atomic E-state index is 0.284. The first kappa shape index (κ1) is 14.5. The number of halogens is 1. The Kier molecular flexibility index (Phi) is 4.94. The summed E-state index contributed by atoms with van der Waals surface area (Å²) in [6, 6.07) is 6.29. The lowest BCUT2D eigenvalue weighted by Gasteiger charge is -2.39. The monoisotopic (exact) mass is 265 g/mol. The van der Waals surface area contributed by atoms with Gasteiger partial charge in [-0.1, -0.05) is 44.2 Å². The van der Waals surface area contributed by atoms with Crippen LogP contribution in [0.5, 0.6) is 0 Å². The Hall–Kier alpha value is -0.930. The van der Waals surface area contributed by atoms with E-state index < -0.39 is 6.10 Å². The molecule has 1 atom stereocenters. The molecule has 1 aliphatic carbocycles. The van der Waals surface area contributed by atoms with Gasteiger partial charge in [0.25, 0.3) is 0 Å². The first-order valence-corrected chi connectivity index (χ1v) is 7.31. The Morgan fingerprint density at radius 2 is 1.79 bits per heavy atom. The normalized spacial score (nSPS) is 21.4. The van der Waals surface area contributed by atoms with Crippen molar-refractivity contribution in [3.05, 3.63) is 35.6 Å². The molecule has 0 aromatic heterocycles. The van der Waals surface area contributed by atoms with Crippen LogP contribution in [0.4, 0.5) is 4.39 Å². The molecule has 106 valence electrons. The fraction of sp³-hybridized carbons (Fsp3) is 0.625. The Labute approximate surface area is 114 Å². The molecule has 3 heteroatoms. The molecule has 19 heavy (non-hydrogen) atoms. The largest absolute Gasteiger partial charge is 0.388 e. The SMILES string of the molecule is NCC1(C(O)c2cccc(F)c2)CCCCCCC1. The third kappa shape index (κ3) is 3.34. The van der Waals surface area contributed by atoms with Gasteiger partial charge in [0, 0.05) is 12.0 Å². The van der Waals surface area contributed by atoms with Gasteiger partial charge in [-0.25, -0.2) is 4.39 Å². The summed E-state index contributed by atoms with van der Waals surface area (Å²) < 4.78 is 13.3. The summed E-state index contributed by atoms with van der Waals surface area (Å²) in [5.41, 5.74) is 6.36. The van der Waals surface area contributed by atoms with Crippen LogP contribution in [0, 0.1) is 11.2 Å². The molecule has 0 saturated heterocycles. The molecule has 1 saturated carbocycles. The van der Waals surface area contributed by atoms with E-state index in [1.807, 2.05) is 0 Å². The van der Waals surface area contributed by atoms with Crippen LogP contribution < -0.4 is 5.73 Å². The molecule has 0 heterocycles. The highest BCUT2D eigenvalue weighted by Gasteiger charge is 2.37. The molecule has 1 aliphatic rings. The number of benzene rings is 1. The summed E-state index contributed by atoms with van der Waals surface area (Å²) in [5.74, 6) is -0.297. The predicted molar refractivity (Wildman–Crippen MR) is 75.2 cm³/mol. The molecule has 1 unspecified atom stereocenters. The molecular weight excluding hydrogens is 241 g/mol. The molecule has 2 nitrogen and oxygen atoms in total. The van der Waals surface area contributed by atoms with Crippen LogP contribution in [0.1, 0.15) is 56.6 Å².